The molecule has 3 aromatic rings. The molecule has 0 aromatic heterocycles. The lowest BCUT2D eigenvalue weighted by molar-refractivity contribution is -0.161. The first-order chi connectivity index (χ1) is 15.7. The third kappa shape index (κ3) is 2.46. The molecule has 3 aliphatic heterocycles. The summed E-state index contributed by atoms with van der Waals surface area (Å²) in [6, 6.07) is 21.8. The lowest BCUT2D eigenvalue weighted by Crippen LogP contribution is -2.55. The number of carbonyl (C=O) groups is 1. The first-order valence-corrected chi connectivity index (χ1v) is 10.9. The first kappa shape index (κ1) is 18.9. The molecule has 2 atom stereocenters. The zero-order valence-corrected chi connectivity index (χ0v) is 18.0. The average Bonchev–Trinajstić information content (AvgIpc) is 3.40. The average molecular weight is 425 g/mol. The summed E-state index contributed by atoms with van der Waals surface area (Å²) < 4.78 is 12.3. The predicted molar refractivity (Wildman–Crippen MR) is 122 cm³/mol. The summed E-state index contributed by atoms with van der Waals surface area (Å²) in [5.74, 6) is 0.980. The summed E-state index contributed by atoms with van der Waals surface area (Å²) in [6.45, 7) is 2.10. The van der Waals surface area contributed by atoms with E-state index < -0.39 is 5.72 Å². The summed E-state index contributed by atoms with van der Waals surface area (Å²) in [5.41, 5.74) is 4.25. The van der Waals surface area contributed by atoms with Crippen molar-refractivity contribution in [3.8, 4) is 11.5 Å². The number of fused-ring (bicyclic) bond motifs is 6. The number of rotatable bonds is 3. The van der Waals surface area contributed by atoms with Gasteiger partial charge in [-0.3, -0.25) is 4.79 Å². The summed E-state index contributed by atoms with van der Waals surface area (Å²) >= 11 is 0. The molecule has 0 saturated carbocycles. The van der Waals surface area contributed by atoms with Crippen molar-refractivity contribution >= 4 is 17.3 Å². The maximum Gasteiger partial charge on any atom is 0.306 e. The third-order valence-corrected chi connectivity index (χ3v) is 6.59. The molecule has 1 spiro atoms. The van der Waals surface area contributed by atoms with Crippen molar-refractivity contribution in [1.82, 2.24) is 5.01 Å². The number of carbonyl (C=O) groups excluding carboxylic acids is 1. The second-order valence-corrected chi connectivity index (χ2v) is 8.29. The number of benzene rings is 3. The molecule has 0 fully saturated rings. The molecule has 0 unspecified atom stereocenters. The maximum absolute atomic E-state index is 13.6. The van der Waals surface area contributed by atoms with Gasteiger partial charge in [-0.1, -0.05) is 55.5 Å². The van der Waals surface area contributed by atoms with E-state index in [1.54, 1.807) is 7.11 Å². The van der Waals surface area contributed by atoms with Gasteiger partial charge < -0.3 is 14.8 Å². The van der Waals surface area contributed by atoms with Gasteiger partial charge in [0.1, 0.15) is 0 Å². The molecule has 32 heavy (non-hydrogen) atoms. The number of ether oxygens (including phenoxy) is 2. The van der Waals surface area contributed by atoms with E-state index in [-0.39, 0.29) is 11.9 Å². The zero-order valence-electron chi connectivity index (χ0n) is 18.0. The highest BCUT2D eigenvalue weighted by Crippen LogP contribution is 2.56. The van der Waals surface area contributed by atoms with Crippen LogP contribution in [-0.4, -0.2) is 23.7 Å². The summed E-state index contributed by atoms with van der Waals surface area (Å²) in [4.78, 5) is 13.6. The number of hydrogen-bond donors (Lipinski definition) is 1. The molecule has 6 rings (SSSR count). The Morgan fingerprint density at radius 3 is 2.78 bits per heavy atom. The summed E-state index contributed by atoms with van der Waals surface area (Å²) in [7, 11) is 1.62. The van der Waals surface area contributed by atoms with E-state index in [0.717, 1.165) is 40.1 Å². The smallest absolute Gasteiger partial charge is 0.306 e. The number of anilines is 1. The SMILES string of the molecule is CCc1ccc2c(c1)[C@]1(Oc3c(OC)cccc3[C@@H]3CC(c4ccccc4)=NN31)C(=O)N2. The van der Waals surface area contributed by atoms with Crippen molar-refractivity contribution in [3.05, 3.63) is 89.0 Å². The van der Waals surface area contributed by atoms with E-state index in [2.05, 4.69) is 30.4 Å². The fourth-order valence-electron chi connectivity index (χ4n) is 4.97. The van der Waals surface area contributed by atoms with Crippen molar-refractivity contribution in [3.63, 3.8) is 0 Å². The molecule has 0 radical (unpaired) electrons. The molecule has 0 bridgehead atoms. The fraction of sp³-hybridized carbons (Fsp3) is 0.231. The standard InChI is InChI=1S/C26H23N3O3/c1-3-16-12-13-20-19(14-16)26(25(30)27-20)29-22(15-21(28-29)17-8-5-4-6-9-17)18-10-7-11-23(31-2)24(18)32-26/h4-14,22H,3,15H2,1-2H3,(H,27,30)/t22-,26-/m0/s1. The second kappa shape index (κ2) is 6.85. The summed E-state index contributed by atoms with van der Waals surface area (Å²) in [6.07, 6.45) is 1.53. The van der Waals surface area contributed by atoms with E-state index in [0.29, 0.717) is 17.9 Å². The molecule has 0 saturated heterocycles. The number of para-hydroxylation sites is 1. The van der Waals surface area contributed by atoms with Crippen LogP contribution in [0.2, 0.25) is 0 Å². The van der Waals surface area contributed by atoms with Crippen molar-refractivity contribution in [2.75, 3.05) is 12.4 Å². The molecule has 1 amide bonds. The molecule has 1 N–H and O–H groups in total. The normalized spacial score (nSPS) is 22.6. The van der Waals surface area contributed by atoms with Crippen molar-refractivity contribution in [2.45, 2.75) is 31.5 Å². The van der Waals surface area contributed by atoms with Gasteiger partial charge in [0.25, 0.3) is 5.91 Å². The summed E-state index contributed by atoms with van der Waals surface area (Å²) in [5, 5.41) is 9.89. The van der Waals surface area contributed by atoms with Gasteiger partial charge in [-0.15, -0.1) is 0 Å². The van der Waals surface area contributed by atoms with Crippen LogP contribution in [0, 0.1) is 0 Å². The maximum atomic E-state index is 13.6. The van der Waals surface area contributed by atoms with Gasteiger partial charge in [0.05, 0.1) is 30.1 Å². The van der Waals surface area contributed by atoms with Crippen molar-refractivity contribution < 1.29 is 14.3 Å². The van der Waals surface area contributed by atoms with Crippen LogP contribution in [0.4, 0.5) is 5.69 Å². The Balaban J connectivity index is 1.60. The number of aryl methyl sites for hydroxylation is 1. The second-order valence-electron chi connectivity index (χ2n) is 8.29. The largest absolute Gasteiger partial charge is 0.493 e. The van der Waals surface area contributed by atoms with Crippen LogP contribution in [0.15, 0.2) is 71.8 Å². The minimum atomic E-state index is -1.39. The number of hydrazone groups is 1. The molecule has 3 heterocycles. The molecular formula is C26H23N3O3. The number of methoxy groups -OCH3 is 1. The lowest BCUT2D eigenvalue weighted by Gasteiger charge is -2.44. The fourth-order valence-corrected chi connectivity index (χ4v) is 4.97. The highest BCUT2D eigenvalue weighted by atomic mass is 16.6. The first-order valence-electron chi connectivity index (χ1n) is 10.9. The van der Waals surface area contributed by atoms with Gasteiger partial charge in [0.15, 0.2) is 11.5 Å². The Morgan fingerprint density at radius 1 is 1.16 bits per heavy atom. The number of nitrogens with one attached hydrogen (secondary N) is 1. The lowest BCUT2D eigenvalue weighted by atomic mass is 9.91. The molecule has 160 valence electrons. The minimum absolute atomic E-state index is 0.147. The predicted octanol–water partition coefficient (Wildman–Crippen LogP) is 4.61. The molecule has 6 nitrogen and oxygen atoms in total. The highest BCUT2D eigenvalue weighted by molar-refractivity contribution is 6.07. The quantitative estimate of drug-likeness (QED) is 0.666. The zero-order chi connectivity index (χ0) is 21.9. The van der Waals surface area contributed by atoms with Gasteiger partial charge in [-0.25, -0.2) is 5.01 Å². The minimum Gasteiger partial charge on any atom is -0.493 e. The Bertz CT molecular complexity index is 1270. The Morgan fingerprint density at radius 2 is 2.00 bits per heavy atom. The van der Waals surface area contributed by atoms with Gasteiger partial charge >= 0.3 is 5.72 Å². The van der Waals surface area contributed by atoms with E-state index in [1.807, 2.05) is 53.5 Å². The van der Waals surface area contributed by atoms with E-state index >= 15 is 0 Å². The van der Waals surface area contributed by atoms with E-state index in [9.17, 15) is 4.79 Å². The van der Waals surface area contributed by atoms with Gasteiger partial charge in [-0.05, 0) is 35.7 Å². The van der Waals surface area contributed by atoms with Crippen LogP contribution in [0.5, 0.6) is 11.5 Å². The Labute approximate surface area is 186 Å². The van der Waals surface area contributed by atoms with Gasteiger partial charge in [-0.2, -0.15) is 5.10 Å². The number of nitrogens with zero attached hydrogens (tertiary/aromatic N) is 2. The Kier molecular flexibility index (Phi) is 4.05. The van der Waals surface area contributed by atoms with Crippen LogP contribution in [0.1, 0.15) is 41.6 Å². The topological polar surface area (TPSA) is 63.2 Å². The van der Waals surface area contributed by atoms with Crippen LogP contribution in [0.25, 0.3) is 0 Å². The van der Waals surface area contributed by atoms with E-state index in [1.165, 1.54) is 0 Å². The van der Waals surface area contributed by atoms with E-state index in [4.69, 9.17) is 14.6 Å². The van der Waals surface area contributed by atoms with Crippen LogP contribution >= 0.6 is 0 Å². The Hall–Kier alpha value is -3.80. The molecule has 0 aliphatic carbocycles. The molecule has 3 aromatic carbocycles. The molecule has 6 heteroatoms. The van der Waals surface area contributed by atoms with Gasteiger partial charge in [0, 0.05) is 12.0 Å². The molecule has 3 aliphatic rings. The highest BCUT2D eigenvalue weighted by Gasteiger charge is 2.61. The van der Waals surface area contributed by atoms with Crippen molar-refractivity contribution in [2.24, 2.45) is 5.10 Å². The van der Waals surface area contributed by atoms with Crippen LogP contribution < -0.4 is 14.8 Å². The monoisotopic (exact) mass is 425 g/mol. The third-order valence-electron chi connectivity index (χ3n) is 6.59. The molecular weight excluding hydrogens is 402 g/mol. The van der Waals surface area contributed by atoms with Gasteiger partial charge in [0.2, 0.25) is 0 Å². The van der Waals surface area contributed by atoms with Crippen LogP contribution in [0.3, 0.4) is 0 Å². The van der Waals surface area contributed by atoms with Crippen molar-refractivity contribution in [1.29, 1.82) is 0 Å². The number of hydrogen-bond acceptors (Lipinski definition) is 5. The van der Waals surface area contributed by atoms with Crippen LogP contribution in [-0.2, 0) is 16.9 Å². The number of amides is 1.